The Bertz CT molecular complexity index is 1160. The van der Waals surface area contributed by atoms with Crippen LogP contribution in [0.15, 0.2) is 63.5 Å². The first kappa shape index (κ1) is 17.1. The van der Waals surface area contributed by atoms with E-state index in [2.05, 4.69) is 41.8 Å². The van der Waals surface area contributed by atoms with Gasteiger partial charge in [-0.2, -0.15) is 0 Å². The number of aromatic nitrogens is 2. The molecule has 0 aliphatic heterocycles. The van der Waals surface area contributed by atoms with E-state index in [9.17, 15) is 9.18 Å². The summed E-state index contributed by atoms with van der Waals surface area (Å²) in [5.41, 5.74) is 2.68. The predicted molar refractivity (Wildman–Crippen MR) is 104 cm³/mol. The highest BCUT2D eigenvalue weighted by Crippen LogP contribution is 2.38. The van der Waals surface area contributed by atoms with Crippen molar-refractivity contribution in [1.82, 2.24) is 9.97 Å². The number of carbonyl (C=O) groups excluding carboxylic acids is 1. The quantitative estimate of drug-likeness (QED) is 0.213. The fraction of sp³-hybridized carbons (Fsp3) is 0. The lowest BCUT2D eigenvalue weighted by Gasteiger charge is -2.11. The van der Waals surface area contributed by atoms with Crippen molar-refractivity contribution in [3.05, 3.63) is 74.9 Å². The molecule has 4 nitrogen and oxygen atoms in total. The van der Waals surface area contributed by atoms with Gasteiger partial charge in [0.15, 0.2) is 5.75 Å². The van der Waals surface area contributed by atoms with Gasteiger partial charge in [0.2, 0.25) is 0 Å². The molecule has 4 aromatic rings. The molecule has 1 aromatic heterocycles. The SMILES string of the molecule is O=C(Oc1c(Br)cc(Br)c2nc3ccccc3nc12)c1ccc(F)cc1. The topological polar surface area (TPSA) is 52.1 Å². The van der Waals surface area contributed by atoms with Gasteiger partial charge in [0, 0.05) is 4.47 Å². The van der Waals surface area contributed by atoms with Crippen LogP contribution in [0.4, 0.5) is 4.39 Å². The maximum Gasteiger partial charge on any atom is 0.343 e. The zero-order valence-electron chi connectivity index (χ0n) is 13.0. The minimum absolute atomic E-state index is 0.239. The van der Waals surface area contributed by atoms with Crippen LogP contribution in [0.25, 0.3) is 22.1 Å². The summed E-state index contributed by atoms with van der Waals surface area (Å²) in [5, 5.41) is 0. The fourth-order valence-electron chi connectivity index (χ4n) is 2.52. The molecular formula is C19H9Br2FN2O2. The number of ether oxygens (including phenoxy) is 1. The average Bonchev–Trinajstić information content (AvgIpc) is 2.64. The normalized spacial score (nSPS) is 11.0. The van der Waals surface area contributed by atoms with Gasteiger partial charge in [0.1, 0.15) is 16.9 Å². The number of para-hydroxylation sites is 2. The lowest BCUT2D eigenvalue weighted by Crippen LogP contribution is -2.10. The molecule has 26 heavy (non-hydrogen) atoms. The Kier molecular flexibility index (Phi) is 4.42. The van der Waals surface area contributed by atoms with Crippen LogP contribution in [-0.4, -0.2) is 15.9 Å². The summed E-state index contributed by atoms with van der Waals surface area (Å²) in [6.45, 7) is 0. The molecule has 128 valence electrons. The third-order valence-electron chi connectivity index (χ3n) is 3.76. The van der Waals surface area contributed by atoms with Crippen molar-refractivity contribution in [2.24, 2.45) is 0 Å². The first-order valence-electron chi connectivity index (χ1n) is 7.55. The molecule has 7 heteroatoms. The smallest absolute Gasteiger partial charge is 0.343 e. The van der Waals surface area contributed by atoms with Crippen molar-refractivity contribution >= 4 is 59.9 Å². The molecule has 0 saturated heterocycles. The molecule has 0 bridgehead atoms. The highest BCUT2D eigenvalue weighted by Gasteiger charge is 2.18. The Balaban J connectivity index is 1.86. The minimum Gasteiger partial charge on any atom is -0.419 e. The van der Waals surface area contributed by atoms with Crippen LogP contribution >= 0.6 is 31.9 Å². The number of hydrogen-bond acceptors (Lipinski definition) is 4. The largest absolute Gasteiger partial charge is 0.419 e. The van der Waals surface area contributed by atoms with Crippen molar-refractivity contribution in [2.75, 3.05) is 0 Å². The maximum absolute atomic E-state index is 13.1. The van der Waals surface area contributed by atoms with Crippen LogP contribution in [0.1, 0.15) is 10.4 Å². The Morgan fingerprint density at radius 1 is 0.885 bits per heavy atom. The van der Waals surface area contributed by atoms with Crippen molar-refractivity contribution in [2.45, 2.75) is 0 Å². The van der Waals surface area contributed by atoms with Crippen LogP contribution in [0.5, 0.6) is 5.75 Å². The monoisotopic (exact) mass is 474 g/mol. The van der Waals surface area contributed by atoms with E-state index in [0.717, 1.165) is 9.99 Å². The van der Waals surface area contributed by atoms with Gasteiger partial charge in [-0.3, -0.25) is 0 Å². The summed E-state index contributed by atoms with van der Waals surface area (Å²) in [6.07, 6.45) is 0. The maximum atomic E-state index is 13.1. The Hall–Kier alpha value is -2.38. The standard InChI is InChI=1S/C19H9Br2FN2O2/c20-12-9-13(21)18(26-19(25)10-5-7-11(22)8-6-10)17-16(12)23-14-3-1-2-4-15(14)24-17/h1-9H. The molecule has 1 heterocycles. The van der Waals surface area contributed by atoms with Gasteiger partial charge in [0.05, 0.1) is 21.1 Å². The molecule has 0 atom stereocenters. The van der Waals surface area contributed by atoms with E-state index in [1.165, 1.54) is 24.3 Å². The van der Waals surface area contributed by atoms with E-state index in [0.29, 0.717) is 21.0 Å². The summed E-state index contributed by atoms with van der Waals surface area (Å²) in [7, 11) is 0. The minimum atomic E-state index is -0.607. The zero-order valence-corrected chi connectivity index (χ0v) is 16.2. The van der Waals surface area contributed by atoms with E-state index in [1.54, 1.807) is 6.07 Å². The Labute approximate surface area is 164 Å². The molecular weight excluding hydrogens is 467 g/mol. The third-order valence-corrected chi connectivity index (χ3v) is 4.95. The van der Waals surface area contributed by atoms with Crippen molar-refractivity contribution in [3.8, 4) is 5.75 Å². The number of carbonyl (C=O) groups is 1. The average molecular weight is 476 g/mol. The van der Waals surface area contributed by atoms with Gasteiger partial charge in [-0.1, -0.05) is 12.1 Å². The molecule has 0 aliphatic carbocycles. The molecule has 0 unspecified atom stereocenters. The highest BCUT2D eigenvalue weighted by atomic mass is 79.9. The van der Waals surface area contributed by atoms with Gasteiger partial charge < -0.3 is 4.74 Å². The lowest BCUT2D eigenvalue weighted by molar-refractivity contribution is 0.0735. The number of fused-ring (bicyclic) bond motifs is 2. The predicted octanol–water partition coefficient (Wildman–Crippen LogP) is 5.67. The van der Waals surface area contributed by atoms with Crippen molar-refractivity contribution in [1.29, 1.82) is 0 Å². The molecule has 0 spiro atoms. The number of benzene rings is 3. The van der Waals surface area contributed by atoms with E-state index >= 15 is 0 Å². The highest BCUT2D eigenvalue weighted by molar-refractivity contribution is 9.11. The first-order chi connectivity index (χ1) is 12.5. The zero-order chi connectivity index (χ0) is 18.3. The summed E-state index contributed by atoms with van der Waals surface area (Å²) in [4.78, 5) is 21.6. The molecule has 0 N–H and O–H groups in total. The van der Waals surface area contributed by atoms with Crippen LogP contribution in [0.2, 0.25) is 0 Å². The number of halogens is 3. The van der Waals surface area contributed by atoms with E-state index in [-0.39, 0.29) is 11.3 Å². The number of esters is 1. The second kappa shape index (κ2) is 6.74. The van der Waals surface area contributed by atoms with Gasteiger partial charge in [0.25, 0.3) is 0 Å². The molecule has 3 aromatic carbocycles. The summed E-state index contributed by atoms with van der Waals surface area (Å²) in [5.74, 6) is -0.769. The number of nitrogens with zero attached hydrogens (tertiary/aromatic N) is 2. The van der Waals surface area contributed by atoms with Crippen LogP contribution in [0, 0.1) is 5.82 Å². The number of rotatable bonds is 2. The molecule has 0 aliphatic rings. The van der Waals surface area contributed by atoms with Crippen molar-refractivity contribution < 1.29 is 13.9 Å². The van der Waals surface area contributed by atoms with Gasteiger partial charge in [-0.05, 0) is 74.3 Å². The summed E-state index contributed by atoms with van der Waals surface area (Å²) in [6, 6.07) is 14.3. The summed E-state index contributed by atoms with van der Waals surface area (Å²) < 4.78 is 19.9. The van der Waals surface area contributed by atoms with Crippen LogP contribution < -0.4 is 4.74 Å². The number of hydrogen-bond donors (Lipinski definition) is 0. The van der Waals surface area contributed by atoms with E-state index in [4.69, 9.17) is 4.74 Å². The van der Waals surface area contributed by atoms with E-state index < -0.39 is 11.8 Å². The third kappa shape index (κ3) is 3.08. The van der Waals surface area contributed by atoms with E-state index in [1.807, 2.05) is 24.3 Å². The Morgan fingerprint density at radius 2 is 1.50 bits per heavy atom. The van der Waals surface area contributed by atoms with Crippen LogP contribution in [-0.2, 0) is 0 Å². The molecule has 4 rings (SSSR count). The second-order valence-corrected chi connectivity index (χ2v) is 7.18. The molecule has 0 fully saturated rings. The van der Waals surface area contributed by atoms with Gasteiger partial charge in [-0.25, -0.2) is 19.2 Å². The fourth-order valence-corrected chi connectivity index (χ4v) is 3.83. The van der Waals surface area contributed by atoms with Gasteiger partial charge in [-0.15, -0.1) is 0 Å². The molecule has 0 amide bonds. The van der Waals surface area contributed by atoms with Crippen LogP contribution in [0.3, 0.4) is 0 Å². The second-order valence-electron chi connectivity index (χ2n) is 5.48. The lowest BCUT2D eigenvalue weighted by atomic mass is 10.2. The first-order valence-corrected chi connectivity index (χ1v) is 9.14. The van der Waals surface area contributed by atoms with Gasteiger partial charge >= 0.3 is 5.97 Å². The molecule has 0 saturated carbocycles. The molecule has 0 radical (unpaired) electrons. The summed E-state index contributed by atoms with van der Waals surface area (Å²) >= 11 is 6.88. The Morgan fingerprint density at radius 3 is 2.15 bits per heavy atom. The van der Waals surface area contributed by atoms with Crippen molar-refractivity contribution in [3.63, 3.8) is 0 Å².